The number of H-pyrrole nitrogens is 1. The molecule has 0 fully saturated rings. The Bertz CT molecular complexity index is 669. The van der Waals surface area contributed by atoms with Gasteiger partial charge in [0.15, 0.2) is 10.6 Å². The van der Waals surface area contributed by atoms with Crippen molar-refractivity contribution in [1.29, 1.82) is 0 Å². The normalized spacial score (nSPS) is 13.1. The van der Waals surface area contributed by atoms with Crippen LogP contribution in [0.25, 0.3) is 10.7 Å². The second-order valence-corrected chi connectivity index (χ2v) is 6.94. The minimum absolute atomic E-state index is 0.0582. The predicted octanol–water partition coefficient (Wildman–Crippen LogP) is 3.53. The number of aromatic amines is 1. The van der Waals surface area contributed by atoms with Crippen molar-refractivity contribution >= 4 is 29.5 Å². The first-order valence-electron chi connectivity index (χ1n) is 6.88. The van der Waals surface area contributed by atoms with Gasteiger partial charge in [0.1, 0.15) is 6.04 Å². The van der Waals surface area contributed by atoms with Crippen molar-refractivity contribution < 1.29 is 4.79 Å². The van der Waals surface area contributed by atoms with E-state index in [0.29, 0.717) is 10.6 Å². The van der Waals surface area contributed by atoms with Gasteiger partial charge < -0.3 is 5.32 Å². The number of carbonyl (C=O) groups is 1. The molecule has 1 unspecified atom stereocenters. The average Bonchev–Trinajstić information content (AvgIpc) is 3.06. The zero-order valence-electron chi connectivity index (χ0n) is 12.6. The molecule has 114 valence electrons. The smallest absolute Gasteiger partial charge is 0.243 e. The predicted molar refractivity (Wildman–Crippen MR) is 87.9 cm³/mol. The summed E-state index contributed by atoms with van der Waals surface area (Å²) in [7, 11) is 0. The van der Waals surface area contributed by atoms with Crippen LogP contribution in [0.4, 0.5) is 0 Å². The highest BCUT2D eigenvalue weighted by Crippen LogP contribution is 2.25. The Morgan fingerprint density at radius 2 is 2.33 bits per heavy atom. The minimum atomic E-state index is -0.417. The van der Waals surface area contributed by atoms with Crippen LogP contribution in [-0.2, 0) is 4.79 Å². The largest absolute Gasteiger partial charge is 0.349 e. The molecular formula is C14H20N4OS2. The number of hydrogen-bond acceptors (Lipinski definition) is 4. The van der Waals surface area contributed by atoms with Gasteiger partial charge in [0.25, 0.3) is 0 Å². The van der Waals surface area contributed by atoms with Crippen LogP contribution in [0, 0.1) is 4.77 Å². The Labute approximate surface area is 133 Å². The molecule has 2 aromatic heterocycles. The van der Waals surface area contributed by atoms with Gasteiger partial charge in [-0.05, 0) is 50.9 Å². The summed E-state index contributed by atoms with van der Waals surface area (Å²) in [6, 6.07) is 3.50. The lowest BCUT2D eigenvalue weighted by atomic mass is 10.0. The molecule has 0 spiro atoms. The van der Waals surface area contributed by atoms with Crippen LogP contribution in [-0.4, -0.2) is 26.2 Å². The lowest BCUT2D eigenvalue weighted by Crippen LogP contribution is -2.45. The highest BCUT2D eigenvalue weighted by atomic mass is 32.1. The van der Waals surface area contributed by atoms with Crippen LogP contribution in [0.1, 0.15) is 40.2 Å². The van der Waals surface area contributed by atoms with Gasteiger partial charge >= 0.3 is 0 Å². The zero-order valence-corrected chi connectivity index (χ0v) is 14.3. The van der Waals surface area contributed by atoms with Crippen molar-refractivity contribution in [2.45, 2.75) is 45.7 Å². The van der Waals surface area contributed by atoms with Crippen LogP contribution in [0.3, 0.4) is 0 Å². The van der Waals surface area contributed by atoms with Crippen molar-refractivity contribution in [2.24, 2.45) is 0 Å². The Kier molecular flexibility index (Phi) is 4.63. The van der Waals surface area contributed by atoms with Crippen LogP contribution in [0.2, 0.25) is 0 Å². The molecule has 0 saturated carbocycles. The number of nitrogens with zero attached hydrogens (tertiary/aromatic N) is 2. The van der Waals surface area contributed by atoms with E-state index in [1.807, 2.05) is 45.2 Å². The first-order chi connectivity index (χ1) is 9.85. The second-order valence-electron chi connectivity index (χ2n) is 5.60. The van der Waals surface area contributed by atoms with Crippen molar-refractivity contribution in [3.63, 3.8) is 0 Å². The van der Waals surface area contributed by atoms with Gasteiger partial charge in [-0.25, -0.2) is 0 Å². The number of rotatable bonds is 5. The fourth-order valence-electron chi connectivity index (χ4n) is 1.89. The summed E-state index contributed by atoms with van der Waals surface area (Å²) >= 11 is 6.85. The molecule has 7 heteroatoms. The van der Waals surface area contributed by atoms with E-state index in [0.717, 1.165) is 11.3 Å². The maximum absolute atomic E-state index is 12.5. The van der Waals surface area contributed by atoms with E-state index in [2.05, 4.69) is 15.5 Å². The lowest BCUT2D eigenvalue weighted by molar-refractivity contribution is -0.125. The van der Waals surface area contributed by atoms with E-state index in [9.17, 15) is 4.79 Å². The maximum Gasteiger partial charge on any atom is 0.243 e. The van der Waals surface area contributed by atoms with Gasteiger partial charge in [0.2, 0.25) is 5.91 Å². The third-order valence-electron chi connectivity index (χ3n) is 3.56. The quantitative estimate of drug-likeness (QED) is 0.827. The zero-order chi connectivity index (χ0) is 15.6. The third-order valence-corrected chi connectivity index (χ3v) is 4.71. The number of carbonyl (C=O) groups excluding carboxylic acids is 1. The summed E-state index contributed by atoms with van der Waals surface area (Å²) < 4.78 is 2.22. The molecule has 0 saturated heterocycles. The monoisotopic (exact) mass is 324 g/mol. The van der Waals surface area contributed by atoms with Gasteiger partial charge in [-0.3, -0.25) is 14.5 Å². The molecule has 0 bridgehead atoms. The van der Waals surface area contributed by atoms with E-state index < -0.39 is 6.04 Å². The van der Waals surface area contributed by atoms with Crippen molar-refractivity contribution in [1.82, 2.24) is 20.1 Å². The summed E-state index contributed by atoms with van der Waals surface area (Å²) in [5.41, 5.74) is -0.236. The van der Waals surface area contributed by atoms with Crippen molar-refractivity contribution in [3.05, 3.63) is 22.3 Å². The fraction of sp³-hybridized carbons (Fsp3) is 0.500. The Morgan fingerprint density at radius 1 is 1.62 bits per heavy atom. The molecule has 5 nitrogen and oxygen atoms in total. The average molecular weight is 324 g/mol. The first-order valence-corrected chi connectivity index (χ1v) is 8.17. The van der Waals surface area contributed by atoms with Gasteiger partial charge in [-0.15, -0.1) is 11.3 Å². The molecule has 1 amide bonds. The highest BCUT2D eigenvalue weighted by Gasteiger charge is 2.25. The number of hydrogen-bond donors (Lipinski definition) is 2. The molecule has 2 heterocycles. The van der Waals surface area contributed by atoms with E-state index in [4.69, 9.17) is 12.2 Å². The van der Waals surface area contributed by atoms with E-state index >= 15 is 0 Å². The molecule has 0 aliphatic rings. The minimum Gasteiger partial charge on any atom is -0.349 e. The van der Waals surface area contributed by atoms with Crippen LogP contribution < -0.4 is 5.32 Å². The molecule has 2 N–H and O–H groups in total. The summed E-state index contributed by atoms with van der Waals surface area (Å²) in [6.07, 6.45) is 0.861. The molecule has 0 aromatic carbocycles. The number of aromatic nitrogens is 3. The topological polar surface area (TPSA) is 62.7 Å². The Hall–Kier alpha value is -1.47. The van der Waals surface area contributed by atoms with Gasteiger partial charge in [0.05, 0.1) is 4.88 Å². The number of amides is 1. The van der Waals surface area contributed by atoms with Crippen molar-refractivity contribution in [2.75, 3.05) is 0 Å². The molecule has 0 aliphatic heterocycles. The molecule has 2 aromatic rings. The molecule has 21 heavy (non-hydrogen) atoms. The Balaban J connectivity index is 2.32. The maximum atomic E-state index is 12.5. The number of nitrogens with one attached hydrogen (secondary N) is 2. The molecule has 0 radical (unpaired) electrons. The van der Waals surface area contributed by atoms with E-state index in [1.54, 1.807) is 15.9 Å². The Morgan fingerprint density at radius 3 is 2.90 bits per heavy atom. The number of thiophene rings is 1. The van der Waals surface area contributed by atoms with E-state index in [1.165, 1.54) is 0 Å². The van der Waals surface area contributed by atoms with Gasteiger partial charge in [0, 0.05) is 5.54 Å². The standard InChI is InChI=1S/C14H20N4OS2/c1-5-14(3,4)15-12(19)9(2)18-11(16-17-13(18)20)10-7-6-8-21-10/h6-9H,5H2,1-4H3,(H,15,19)(H,17,20). The SMILES string of the molecule is CCC(C)(C)NC(=O)C(C)n1c(-c2cccs2)n[nH]c1=S. The van der Waals surface area contributed by atoms with Crippen LogP contribution in [0.15, 0.2) is 17.5 Å². The summed E-state index contributed by atoms with van der Waals surface area (Å²) in [5, 5.41) is 12.1. The first kappa shape index (κ1) is 15.9. The second kappa shape index (κ2) is 6.11. The highest BCUT2D eigenvalue weighted by molar-refractivity contribution is 7.71. The lowest BCUT2D eigenvalue weighted by Gasteiger charge is -2.27. The molecule has 2 rings (SSSR count). The summed E-state index contributed by atoms with van der Waals surface area (Å²) in [4.78, 5) is 13.5. The van der Waals surface area contributed by atoms with Gasteiger partial charge in [-0.1, -0.05) is 13.0 Å². The van der Waals surface area contributed by atoms with Crippen LogP contribution >= 0.6 is 23.6 Å². The van der Waals surface area contributed by atoms with E-state index in [-0.39, 0.29) is 11.4 Å². The molecule has 1 atom stereocenters. The van der Waals surface area contributed by atoms with Gasteiger partial charge in [-0.2, -0.15) is 5.10 Å². The van der Waals surface area contributed by atoms with Crippen molar-refractivity contribution in [3.8, 4) is 10.7 Å². The third kappa shape index (κ3) is 3.41. The molecule has 0 aliphatic carbocycles. The summed E-state index contributed by atoms with van der Waals surface area (Å²) in [5.74, 6) is 0.643. The van der Waals surface area contributed by atoms with Crippen LogP contribution in [0.5, 0.6) is 0 Å². The fourth-order valence-corrected chi connectivity index (χ4v) is 2.89. The molecular weight excluding hydrogens is 304 g/mol. The summed E-state index contributed by atoms with van der Waals surface area (Å²) in [6.45, 7) is 7.90.